The number of benzene rings is 1. The highest BCUT2D eigenvalue weighted by Crippen LogP contribution is 2.39. The number of alkyl halides is 1. The van der Waals surface area contributed by atoms with Crippen LogP contribution in [0.5, 0.6) is 5.75 Å². The maximum Gasteiger partial charge on any atom is 0.123 e. The van der Waals surface area contributed by atoms with Gasteiger partial charge in [0.2, 0.25) is 0 Å². The van der Waals surface area contributed by atoms with Gasteiger partial charge in [0.1, 0.15) is 11.6 Å². The Bertz CT molecular complexity index is 524. The Labute approximate surface area is 112 Å². The first-order valence-corrected chi connectivity index (χ1v) is 6.99. The zero-order valence-electron chi connectivity index (χ0n) is 9.54. The fourth-order valence-electron chi connectivity index (χ4n) is 1.70. The van der Waals surface area contributed by atoms with E-state index in [4.69, 9.17) is 4.74 Å². The quantitative estimate of drug-likeness (QED) is 0.747. The smallest absolute Gasteiger partial charge is 0.123 e. The minimum Gasteiger partial charge on any atom is -0.496 e. The first kappa shape index (κ1) is 12.6. The van der Waals surface area contributed by atoms with Crippen molar-refractivity contribution >= 4 is 27.3 Å². The van der Waals surface area contributed by atoms with Gasteiger partial charge in [0.05, 0.1) is 11.9 Å². The van der Waals surface area contributed by atoms with Crippen LogP contribution in [0.25, 0.3) is 0 Å². The third-order valence-electron chi connectivity index (χ3n) is 2.63. The van der Waals surface area contributed by atoms with Gasteiger partial charge >= 0.3 is 0 Å². The van der Waals surface area contributed by atoms with E-state index in [1.54, 1.807) is 24.5 Å². The molecule has 90 valence electrons. The Balaban J connectivity index is 2.46. The van der Waals surface area contributed by atoms with Crippen LogP contribution < -0.4 is 4.74 Å². The van der Waals surface area contributed by atoms with E-state index in [-0.39, 0.29) is 10.6 Å². The second kappa shape index (κ2) is 5.19. The summed E-state index contributed by atoms with van der Waals surface area (Å²) < 4.78 is 18.6. The molecule has 0 aliphatic heterocycles. The SMILES string of the molecule is COc1ccc(F)cc1C(Br)c1cscc1C. The predicted molar refractivity (Wildman–Crippen MR) is 72.8 cm³/mol. The number of rotatable bonds is 3. The number of thiophene rings is 1. The Kier molecular flexibility index (Phi) is 3.84. The molecule has 2 aromatic rings. The standard InChI is InChI=1S/C13H12BrFOS/c1-8-6-17-7-11(8)13(14)10-5-9(15)3-4-12(10)16-2/h3-7,13H,1-2H3. The average Bonchev–Trinajstić information content (AvgIpc) is 2.74. The molecule has 0 aliphatic carbocycles. The molecule has 4 heteroatoms. The molecule has 0 amide bonds. The summed E-state index contributed by atoms with van der Waals surface area (Å²) in [7, 11) is 1.59. The zero-order valence-corrected chi connectivity index (χ0v) is 11.9. The van der Waals surface area contributed by atoms with E-state index in [9.17, 15) is 4.39 Å². The number of hydrogen-bond acceptors (Lipinski definition) is 2. The van der Waals surface area contributed by atoms with Gasteiger partial charge < -0.3 is 4.74 Å². The fraction of sp³-hybridized carbons (Fsp3) is 0.231. The molecule has 17 heavy (non-hydrogen) atoms. The second-order valence-corrected chi connectivity index (χ2v) is 5.42. The number of halogens is 2. The van der Waals surface area contributed by atoms with Gasteiger partial charge in [-0.3, -0.25) is 0 Å². The number of methoxy groups -OCH3 is 1. The van der Waals surface area contributed by atoms with Gasteiger partial charge in [-0.05, 0) is 47.0 Å². The lowest BCUT2D eigenvalue weighted by atomic mass is 10.0. The molecule has 2 rings (SSSR count). The first-order chi connectivity index (χ1) is 8.13. The van der Waals surface area contributed by atoms with Gasteiger partial charge in [0.15, 0.2) is 0 Å². The normalized spacial score (nSPS) is 12.5. The van der Waals surface area contributed by atoms with Crippen LogP contribution in [0.15, 0.2) is 29.0 Å². The lowest BCUT2D eigenvalue weighted by Crippen LogP contribution is -1.98. The fourth-order valence-corrected chi connectivity index (χ4v) is 3.60. The predicted octanol–water partition coefficient (Wildman–Crippen LogP) is 4.69. The lowest BCUT2D eigenvalue weighted by Gasteiger charge is -2.14. The van der Waals surface area contributed by atoms with Crippen LogP contribution >= 0.6 is 27.3 Å². The van der Waals surface area contributed by atoms with Crippen molar-refractivity contribution in [2.75, 3.05) is 7.11 Å². The molecule has 1 aromatic carbocycles. The zero-order chi connectivity index (χ0) is 12.4. The molecule has 0 radical (unpaired) electrons. The monoisotopic (exact) mass is 314 g/mol. The van der Waals surface area contributed by atoms with Crippen LogP contribution in [-0.2, 0) is 0 Å². The lowest BCUT2D eigenvalue weighted by molar-refractivity contribution is 0.409. The van der Waals surface area contributed by atoms with Gasteiger partial charge in [0.25, 0.3) is 0 Å². The number of ether oxygens (including phenoxy) is 1. The van der Waals surface area contributed by atoms with Crippen LogP contribution in [-0.4, -0.2) is 7.11 Å². The Morgan fingerprint density at radius 2 is 2.06 bits per heavy atom. The van der Waals surface area contributed by atoms with Crippen molar-refractivity contribution in [2.45, 2.75) is 11.8 Å². The largest absolute Gasteiger partial charge is 0.496 e. The molecule has 1 aromatic heterocycles. The van der Waals surface area contributed by atoms with Crippen molar-refractivity contribution in [1.29, 1.82) is 0 Å². The first-order valence-electron chi connectivity index (χ1n) is 5.13. The molecule has 0 fully saturated rings. The van der Waals surface area contributed by atoms with E-state index in [0.717, 1.165) is 11.1 Å². The molecule has 0 saturated carbocycles. The van der Waals surface area contributed by atoms with Crippen LogP contribution in [0, 0.1) is 12.7 Å². The summed E-state index contributed by atoms with van der Waals surface area (Å²) >= 11 is 5.25. The summed E-state index contributed by atoms with van der Waals surface area (Å²) in [5.41, 5.74) is 3.16. The van der Waals surface area contributed by atoms with E-state index in [0.29, 0.717) is 5.75 Å². The Hall–Kier alpha value is -0.870. The van der Waals surface area contributed by atoms with E-state index < -0.39 is 0 Å². The molecule has 0 bridgehead atoms. The van der Waals surface area contributed by atoms with Crippen molar-refractivity contribution in [3.8, 4) is 5.75 Å². The molecule has 1 heterocycles. The topological polar surface area (TPSA) is 9.23 Å². The minimum atomic E-state index is -0.252. The molecule has 0 spiro atoms. The van der Waals surface area contributed by atoms with Crippen molar-refractivity contribution in [2.24, 2.45) is 0 Å². The highest BCUT2D eigenvalue weighted by Gasteiger charge is 2.18. The summed E-state index contributed by atoms with van der Waals surface area (Å²) in [5.74, 6) is 0.442. The van der Waals surface area contributed by atoms with Gasteiger partial charge in [-0.1, -0.05) is 15.9 Å². The van der Waals surface area contributed by atoms with Gasteiger partial charge in [-0.15, -0.1) is 0 Å². The van der Waals surface area contributed by atoms with Crippen molar-refractivity contribution in [3.05, 3.63) is 51.5 Å². The molecular formula is C13H12BrFOS. The second-order valence-electron chi connectivity index (χ2n) is 3.76. The van der Waals surface area contributed by atoms with E-state index in [2.05, 4.69) is 26.7 Å². The Morgan fingerprint density at radius 1 is 1.29 bits per heavy atom. The van der Waals surface area contributed by atoms with Crippen LogP contribution in [0.1, 0.15) is 21.5 Å². The maximum atomic E-state index is 13.3. The summed E-state index contributed by atoms with van der Waals surface area (Å²) in [6.45, 7) is 2.05. The van der Waals surface area contributed by atoms with E-state index >= 15 is 0 Å². The average molecular weight is 315 g/mol. The molecule has 1 unspecified atom stereocenters. The highest BCUT2D eigenvalue weighted by atomic mass is 79.9. The molecular weight excluding hydrogens is 303 g/mol. The van der Waals surface area contributed by atoms with Crippen molar-refractivity contribution < 1.29 is 9.13 Å². The van der Waals surface area contributed by atoms with Crippen LogP contribution in [0.3, 0.4) is 0 Å². The third-order valence-corrected chi connectivity index (χ3v) is 4.50. The summed E-state index contributed by atoms with van der Waals surface area (Å²) in [4.78, 5) is -0.0422. The molecule has 1 atom stereocenters. The van der Waals surface area contributed by atoms with Crippen LogP contribution in [0.2, 0.25) is 0 Å². The van der Waals surface area contributed by atoms with E-state index in [1.807, 2.05) is 6.92 Å². The van der Waals surface area contributed by atoms with Crippen molar-refractivity contribution in [1.82, 2.24) is 0 Å². The van der Waals surface area contributed by atoms with Gasteiger partial charge in [-0.25, -0.2) is 4.39 Å². The molecule has 0 saturated heterocycles. The van der Waals surface area contributed by atoms with Gasteiger partial charge in [0, 0.05) is 5.56 Å². The number of hydrogen-bond donors (Lipinski definition) is 0. The highest BCUT2D eigenvalue weighted by molar-refractivity contribution is 9.09. The molecule has 1 nitrogen and oxygen atoms in total. The van der Waals surface area contributed by atoms with Crippen LogP contribution in [0.4, 0.5) is 4.39 Å². The van der Waals surface area contributed by atoms with Crippen molar-refractivity contribution in [3.63, 3.8) is 0 Å². The summed E-state index contributed by atoms with van der Waals surface area (Å²) in [6.07, 6.45) is 0. The minimum absolute atomic E-state index is 0.0422. The third kappa shape index (κ3) is 2.53. The molecule has 0 aliphatic rings. The van der Waals surface area contributed by atoms with E-state index in [1.165, 1.54) is 17.7 Å². The summed E-state index contributed by atoms with van der Waals surface area (Å²) in [5, 5.41) is 4.15. The summed E-state index contributed by atoms with van der Waals surface area (Å²) in [6, 6.07) is 4.57. The Morgan fingerprint density at radius 3 is 2.65 bits per heavy atom. The maximum absolute atomic E-state index is 13.3. The number of aryl methyl sites for hydroxylation is 1. The van der Waals surface area contributed by atoms with Gasteiger partial charge in [-0.2, -0.15) is 11.3 Å². The molecule has 0 N–H and O–H groups in total.